The molecule has 70 valence electrons. The zero-order valence-electron chi connectivity index (χ0n) is 6.89. The van der Waals surface area contributed by atoms with Gasteiger partial charge in [-0.1, -0.05) is 12.1 Å². The summed E-state index contributed by atoms with van der Waals surface area (Å²) in [5.74, 6) is -0.640. The Bertz CT molecular complexity index is 303. The molecule has 0 bridgehead atoms. The van der Waals surface area contributed by atoms with Crippen molar-refractivity contribution in [3.05, 3.63) is 35.6 Å². The molecule has 0 aliphatic carbocycles. The number of carbonyl (C=O) groups is 1. The molecule has 1 N–H and O–H groups in total. The van der Waals surface area contributed by atoms with Crippen LogP contribution in [0.15, 0.2) is 24.3 Å². The largest absolute Gasteiger partial charge is 0.351 e. The highest BCUT2D eigenvalue weighted by atomic mass is 35.5. The molecule has 0 radical (unpaired) electrons. The maximum atomic E-state index is 12.6. The molecule has 0 aromatic heterocycles. The maximum absolute atomic E-state index is 12.6. The van der Waals surface area contributed by atoms with E-state index in [1.807, 2.05) is 0 Å². The second-order valence-electron chi connectivity index (χ2n) is 2.54. The van der Waals surface area contributed by atoms with Crippen LogP contribution in [0.4, 0.5) is 4.39 Å². The molecule has 1 aromatic rings. The van der Waals surface area contributed by atoms with E-state index < -0.39 is 0 Å². The van der Waals surface area contributed by atoms with Gasteiger partial charge in [0.2, 0.25) is 5.91 Å². The Balaban J connectivity index is 2.50. The normalized spacial score (nSPS) is 9.69. The fraction of sp³-hybridized carbons (Fsp3) is 0.222. The van der Waals surface area contributed by atoms with Gasteiger partial charge in [-0.15, -0.1) is 11.6 Å². The van der Waals surface area contributed by atoms with Gasteiger partial charge in [0.05, 0.1) is 0 Å². The maximum Gasteiger partial charge on any atom is 0.235 e. The first kappa shape index (κ1) is 9.99. The molecule has 2 nitrogen and oxygen atoms in total. The molecule has 4 heteroatoms. The lowest BCUT2D eigenvalue weighted by molar-refractivity contribution is -0.118. The summed E-state index contributed by atoms with van der Waals surface area (Å²) < 4.78 is 12.6. The molecule has 1 rings (SSSR count). The summed E-state index contributed by atoms with van der Waals surface area (Å²) in [5.41, 5.74) is 0.721. The summed E-state index contributed by atoms with van der Waals surface area (Å²) >= 11 is 5.26. The van der Waals surface area contributed by atoms with Gasteiger partial charge in [-0.25, -0.2) is 4.39 Å². The topological polar surface area (TPSA) is 29.1 Å². The SMILES string of the molecule is O=C(CCl)NCc1cccc(F)c1. The number of halogens is 2. The van der Waals surface area contributed by atoms with Gasteiger partial charge in [0.15, 0.2) is 0 Å². The molecule has 0 aliphatic heterocycles. The number of amides is 1. The van der Waals surface area contributed by atoms with Gasteiger partial charge >= 0.3 is 0 Å². The van der Waals surface area contributed by atoms with Crippen molar-refractivity contribution in [3.63, 3.8) is 0 Å². The van der Waals surface area contributed by atoms with Gasteiger partial charge in [0.1, 0.15) is 11.7 Å². The van der Waals surface area contributed by atoms with Gasteiger partial charge in [-0.3, -0.25) is 4.79 Å². The number of hydrogen-bond donors (Lipinski definition) is 1. The molecule has 0 aliphatic rings. The van der Waals surface area contributed by atoms with Crippen LogP contribution < -0.4 is 5.32 Å². The smallest absolute Gasteiger partial charge is 0.235 e. The van der Waals surface area contributed by atoms with E-state index in [4.69, 9.17) is 11.6 Å². The van der Waals surface area contributed by atoms with Gasteiger partial charge in [0.25, 0.3) is 0 Å². The third kappa shape index (κ3) is 3.42. The van der Waals surface area contributed by atoms with Crippen LogP contribution in [0.2, 0.25) is 0 Å². The number of carbonyl (C=O) groups excluding carboxylic acids is 1. The van der Waals surface area contributed by atoms with E-state index in [0.29, 0.717) is 6.54 Å². The summed E-state index contributed by atoms with van der Waals surface area (Å²) in [4.78, 5) is 10.7. The minimum atomic E-state index is -0.308. The van der Waals surface area contributed by atoms with Crippen molar-refractivity contribution in [2.24, 2.45) is 0 Å². The van der Waals surface area contributed by atoms with Crippen molar-refractivity contribution < 1.29 is 9.18 Å². The Hall–Kier alpha value is -1.09. The monoisotopic (exact) mass is 201 g/mol. The summed E-state index contributed by atoms with van der Waals surface area (Å²) in [5, 5.41) is 2.54. The lowest BCUT2D eigenvalue weighted by atomic mass is 10.2. The third-order valence-corrected chi connectivity index (χ3v) is 1.74. The average Bonchev–Trinajstić information content (AvgIpc) is 2.14. The Morgan fingerprint density at radius 3 is 2.92 bits per heavy atom. The van der Waals surface area contributed by atoms with E-state index in [2.05, 4.69) is 5.32 Å². The van der Waals surface area contributed by atoms with Crippen LogP contribution in [-0.4, -0.2) is 11.8 Å². The van der Waals surface area contributed by atoms with Crippen molar-refractivity contribution in [3.8, 4) is 0 Å². The molecular formula is C9H9ClFNO. The minimum absolute atomic E-state index is 0.0741. The van der Waals surface area contributed by atoms with Gasteiger partial charge in [-0.05, 0) is 17.7 Å². The average molecular weight is 202 g/mol. The highest BCUT2D eigenvalue weighted by molar-refractivity contribution is 6.27. The lowest BCUT2D eigenvalue weighted by Gasteiger charge is -2.02. The van der Waals surface area contributed by atoms with Crippen LogP contribution >= 0.6 is 11.6 Å². The highest BCUT2D eigenvalue weighted by Crippen LogP contribution is 2.02. The second kappa shape index (κ2) is 4.82. The molecule has 0 saturated carbocycles. The van der Waals surface area contributed by atoms with Crippen molar-refractivity contribution in [1.82, 2.24) is 5.32 Å². The Morgan fingerprint density at radius 2 is 2.31 bits per heavy atom. The first-order chi connectivity index (χ1) is 6.22. The number of hydrogen-bond acceptors (Lipinski definition) is 1. The van der Waals surface area contributed by atoms with E-state index in [0.717, 1.165) is 5.56 Å². The molecule has 0 atom stereocenters. The van der Waals surface area contributed by atoms with Crippen molar-refractivity contribution in [2.45, 2.75) is 6.54 Å². The third-order valence-electron chi connectivity index (χ3n) is 1.50. The predicted octanol–water partition coefficient (Wildman–Crippen LogP) is 1.68. The fourth-order valence-electron chi connectivity index (χ4n) is 0.895. The van der Waals surface area contributed by atoms with Crippen LogP contribution in [0.25, 0.3) is 0 Å². The van der Waals surface area contributed by atoms with Crippen LogP contribution in [0.1, 0.15) is 5.56 Å². The molecular weight excluding hydrogens is 193 g/mol. The van der Waals surface area contributed by atoms with Gasteiger partial charge < -0.3 is 5.32 Å². The van der Waals surface area contributed by atoms with E-state index in [9.17, 15) is 9.18 Å². The van der Waals surface area contributed by atoms with Crippen LogP contribution in [0, 0.1) is 5.82 Å². The van der Waals surface area contributed by atoms with Crippen molar-refractivity contribution in [2.75, 3.05) is 5.88 Å². The Morgan fingerprint density at radius 1 is 1.54 bits per heavy atom. The van der Waals surface area contributed by atoms with Crippen LogP contribution in [0.5, 0.6) is 0 Å². The number of alkyl halides is 1. The zero-order valence-corrected chi connectivity index (χ0v) is 7.64. The number of benzene rings is 1. The summed E-state index contributed by atoms with van der Waals surface area (Å²) in [7, 11) is 0. The van der Waals surface area contributed by atoms with Crippen LogP contribution in [-0.2, 0) is 11.3 Å². The standard InChI is InChI=1S/C9H9ClFNO/c10-5-9(13)12-6-7-2-1-3-8(11)4-7/h1-4H,5-6H2,(H,12,13). The summed E-state index contributed by atoms with van der Waals surface area (Å²) in [6, 6.07) is 6.05. The van der Waals surface area contributed by atoms with Gasteiger partial charge in [0, 0.05) is 6.54 Å². The molecule has 0 fully saturated rings. The number of rotatable bonds is 3. The lowest BCUT2D eigenvalue weighted by Crippen LogP contribution is -2.23. The molecule has 0 unspecified atom stereocenters. The van der Waals surface area contributed by atoms with E-state index in [1.54, 1.807) is 12.1 Å². The second-order valence-corrected chi connectivity index (χ2v) is 2.81. The summed E-state index contributed by atoms with van der Waals surface area (Å²) in [6.45, 7) is 0.309. The molecule has 0 saturated heterocycles. The number of nitrogens with one attached hydrogen (secondary N) is 1. The van der Waals surface area contributed by atoms with E-state index in [-0.39, 0.29) is 17.6 Å². The fourth-order valence-corrected chi connectivity index (χ4v) is 0.989. The van der Waals surface area contributed by atoms with Gasteiger partial charge in [-0.2, -0.15) is 0 Å². The zero-order chi connectivity index (χ0) is 9.68. The van der Waals surface area contributed by atoms with Crippen LogP contribution in [0.3, 0.4) is 0 Å². The van der Waals surface area contributed by atoms with E-state index >= 15 is 0 Å². The minimum Gasteiger partial charge on any atom is -0.351 e. The molecule has 1 aromatic carbocycles. The Kier molecular flexibility index (Phi) is 3.71. The molecule has 13 heavy (non-hydrogen) atoms. The quantitative estimate of drug-likeness (QED) is 0.741. The van der Waals surface area contributed by atoms with Crippen molar-refractivity contribution >= 4 is 17.5 Å². The Labute approximate surface area is 80.7 Å². The van der Waals surface area contributed by atoms with Crippen molar-refractivity contribution in [1.29, 1.82) is 0 Å². The highest BCUT2D eigenvalue weighted by Gasteiger charge is 1.98. The molecule has 1 amide bonds. The molecule has 0 spiro atoms. The molecule has 0 heterocycles. The summed E-state index contributed by atoms with van der Waals surface area (Å²) in [6.07, 6.45) is 0. The first-order valence-corrected chi connectivity index (χ1v) is 4.33. The predicted molar refractivity (Wildman–Crippen MR) is 49.0 cm³/mol. The first-order valence-electron chi connectivity index (χ1n) is 3.79. The van der Waals surface area contributed by atoms with E-state index in [1.165, 1.54) is 12.1 Å².